The molecule has 0 aliphatic carbocycles. The van der Waals surface area contributed by atoms with Crippen molar-refractivity contribution in [2.75, 3.05) is 19.8 Å². The highest BCUT2D eigenvalue weighted by molar-refractivity contribution is 5.46. The monoisotopic (exact) mass is 229 g/mol. The maximum absolute atomic E-state index is 12.9. The maximum Gasteiger partial charge on any atom is 0.311 e. The first kappa shape index (κ1) is 12.4. The number of nitrogens with zero attached hydrogens (tertiary/aromatic N) is 1. The average Bonchev–Trinajstić information content (AvgIpc) is 2.24. The minimum absolute atomic E-state index is 0.0790. The first-order valence-electron chi connectivity index (χ1n) is 4.79. The molecule has 0 atom stereocenters. The molecule has 0 saturated carbocycles. The molecule has 0 aliphatic heterocycles. The van der Waals surface area contributed by atoms with Crippen molar-refractivity contribution >= 4 is 5.69 Å². The summed E-state index contributed by atoms with van der Waals surface area (Å²) in [5.41, 5.74) is -0.252. The molecular weight excluding hydrogens is 217 g/mol. The third-order valence-electron chi connectivity index (χ3n) is 1.81. The maximum atomic E-state index is 12.9. The van der Waals surface area contributed by atoms with Crippen LogP contribution in [-0.4, -0.2) is 24.7 Å². The van der Waals surface area contributed by atoms with E-state index in [4.69, 9.17) is 9.47 Å². The third-order valence-corrected chi connectivity index (χ3v) is 1.81. The van der Waals surface area contributed by atoms with Gasteiger partial charge in [-0.2, -0.15) is 0 Å². The van der Waals surface area contributed by atoms with Crippen LogP contribution in [0.15, 0.2) is 18.2 Å². The Balaban J connectivity index is 2.68. The number of benzene rings is 1. The molecule has 0 spiro atoms. The second-order valence-electron chi connectivity index (χ2n) is 2.91. The van der Waals surface area contributed by atoms with Crippen molar-refractivity contribution in [1.29, 1.82) is 0 Å². The number of hydrogen-bond donors (Lipinski definition) is 0. The zero-order valence-corrected chi connectivity index (χ0v) is 8.81. The quantitative estimate of drug-likeness (QED) is 0.426. The van der Waals surface area contributed by atoms with Crippen molar-refractivity contribution in [2.24, 2.45) is 0 Å². The summed E-state index contributed by atoms with van der Waals surface area (Å²) >= 11 is 0. The van der Waals surface area contributed by atoms with Crippen molar-refractivity contribution in [1.82, 2.24) is 0 Å². The van der Waals surface area contributed by atoms with E-state index in [2.05, 4.69) is 0 Å². The molecule has 1 aromatic carbocycles. The van der Waals surface area contributed by atoms with Gasteiger partial charge in [0, 0.05) is 18.7 Å². The summed E-state index contributed by atoms with van der Waals surface area (Å²) in [6, 6.07) is 3.09. The summed E-state index contributed by atoms with van der Waals surface area (Å²) in [7, 11) is 0. The average molecular weight is 229 g/mol. The normalized spacial score (nSPS) is 10.1. The van der Waals surface area contributed by atoms with Crippen molar-refractivity contribution < 1.29 is 18.8 Å². The lowest BCUT2D eigenvalue weighted by Crippen LogP contribution is -2.07. The fourth-order valence-electron chi connectivity index (χ4n) is 1.11. The van der Waals surface area contributed by atoms with Crippen molar-refractivity contribution in [3.63, 3.8) is 0 Å². The molecule has 0 aliphatic rings. The summed E-state index contributed by atoms with van der Waals surface area (Å²) in [5.74, 6) is -0.651. The SMILES string of the molecule is CCOCCOc1cc(F)ccc1[N+](=O)[O-]. The Labute approximate surface area is 91.9 Å². The van der Waals surface area contributed by atoms with E-state index in [-0.39, 0.29) is 18.0 Å². The van der Waals surface area contributed by atoms with Gasteiger partial charge in [0.25, 0.3) is 0 Å². The van der Waals surface area contributed by atoms with Gasteiger partial charge in [-0.3, -0.25) is 10.1 Å². The number of rotatable bonds is 6. The molecule has 0 fully saturated rings. The third kappa shape index (κ3) is 3.47. The number of nitro benzene ring substituents is 1. The van der Waals surface area contributed by atoms with Crippen LogP contribution in [0.4, 0.5) is 10.1 Å². The van der Waals surface area contributed by atoms with Crippen LogP contribution in [-0.2, 0) is 4.74 Å². The molecule has 0 aromatic heterocycles. The Bertz CT molecular complexity index is 370. The minimum Gasteiger partial charge on any atom is -0.484 e. The lowest BCUT2D eigenvalue weighted by Gasteiger charge is -2.06. The fourth-order valence-corrected chi connectivity index (χ4v) is 1.11. The predicted octanol–water partition coefficient (Wildman–Crippen LogP) is 2.15. The second kappa shape index (κ2) is 6.02. The smallest absolute Gasteiger partial charge is 0.311 e. The van der Waals surface area contributed by atoms with E-state index >= 15 is 0 Å². The molecule has 0 saturated heterocycles. The molecule has 0 unspecified atom stereocenters. The van der Waals surface area contributed by atoms with E-state index in [1.165, 1.54) is 0 Å². The lowest BCUT2D eigenvalue weighted by atomic mass is 10.3. The van der Waals surface area contributed by atoms with Gasteiger partial charge in [-0.25, -0.2) is 4.39 Å². The molecule has 0 radical (unpaired) electrons. The molecule has 1 rings (SSSR count). The summed E-state index contributed by atoms with van der Waals surface area (Å²) < 4.78 is 22.9. The van der Waals surface area contributed by atoms with E-state index in [1.807, 2.05) is 6.92 Å². The Morgan fingerprint density at radius 1 is 1.44 bits per heavy atom. The predicted molar refractivity (Wildman–Crippen MR) is 55.0 cm³/mol. The van der Waals surface area contributed by atoms with Gasteiger partial charge in [-0.05, 0) is 13.0 Å². The van der Waals surface area contributed by atoms with Crippen LogP contribution in [0.25, 0.3) is 0 Å². The van der Waals surface area contributed by atoms with Crippen molar-refractivity contribution in [2.45, 2.75) is 6.92 Å². The van der Waals surface area contributed by atoms with E-state index in [1.54, 1.807) is 0 Å². The van der Waals surface area contributed by atoms with Crippen molar-refractivity contribution in [3.8, 4) is 5.75 Å². The van der Waals surface area contributed by atoms with Gasteiger partial charge >= 0.3 is 5.69 Å². The highest BCUT2D eigenvalue weighted by Crippen LogP contribution is 2.27. The topological polar surface area (TPSA) is 61.6 Å². The summed E-state index contributed by atoms with van der Waals surface area (Å²) in [6.45, 7) is 2.82. The van der Waals surface area contributed by atoms with E-state index in [9.17, 15) is 14.5 Å². The van der Waals surface area contributed by atoms with Crippen LogP contribution in [0.2, 0.25) is 0 Å². The highest BCUT2D eigenvalue weighted by atomic mass is 19.1. The molecular formula is C10H12FNO4. The first-order chi connectivity index (χ1) is 7.65. The number of ether oxygens (including phenoxy) is 2. The summed E-state index contributed by atoms with van der Waals surface area (Å²) in [4.78, 5) is 9.98. The van der Waals surface area contributed by atoms with Gasteiger partial charge < -0.3 is 9.47 Å². The lowest BCUT2D eigenvalue weighted by molar-refractivity contribution is -0.385. The molecule has 0 heterocycles. The van der Waals surface area contributed by atoms with Gasteiger partial charge in [0.1, 0.15) is 12.4 Å². The van der Waals surface area contributed by atoms with Crippen LogP contribution in [0, 0.1) is 15.9 Å². The fraction of sp³-hybridized carbons (Fsp3) is 0.400. The molecule has 16 heavy (non-hydrogen) atoms. The van der Waals surface area contributed by atoms with Gasteiger partial charge in [-0.1, -0.05) is 0 Å². The zero-order chi connectivity index (χ0) is 12.0. The largest absolute Gasteiger partial charge is 0.484 e. The van der Waals surface area contributed by atoms with Crippen LogP contribution in [0.1, 0.15) is 6.92 Å². The Morgan fingerprint density at radius 3 is 2.81 bits per heavy atom. The number of hydrogen-bond acceptors (Lipinski definition) is 4. The molecule has 5 nitrogen and oxygen atoms in total. The molecule has 0 amide bonds. The zero-order valence-electron chi connectivity index (χ0n) is 8.81. The second-order valence-corrected chi connectivity index (χ2v) is 2.91. The molecule has 6 heteroatoms. The van der Waals surface area contributed by atoms with Gasteiger partial charge in [0.15, 0.2) is 5.75 Å². The Kier molecular flexibility index (Phi) is 4.65. The summed E-state index contributed by atoms with van der Waals surface area (Å²) in [5, 5.41) is 10.6. The highest BCUT2D eigenvalue weighted by Gasteiger charge is 2.15. The Hall–Kier alpha value is -1.69. The minimum atomic E-state index is -0.616. The number of halogens is 1. The van der Waals surface area contributed by atoms with Crippen LogP contribution < -0.4 is 4.74 Å². The number of nitro groups is 1. The van der Waals surface area contributed by atoms with Gasteiger partial charge in [0.2, 0.25) is 0 Å². The molecule has 0 bridgehead atoms. The van der Waals surface area contributed by atoms with Crippen LogP contribution >= 0.6 is 0 Å². The van der Waals surface area contributed by atoms with Crippen molar-refractivity contribution in [3.05, 3.63) is 34.1 Å². The summed E-state index contributed by atoms with van der Waals surface area (Å²) in [6.07, 6.45) is 0. The molecule has 0 N–H and O–H groups in total. The van der Waals surface area contributed by atoms with Crippen LogP contribution in [0.5, 0.6) is 5.75 Å². The van der Waals surface area contributed by atoms with Crippen LogP contribution in [0.3, 0.4) is 0 Å². The van der Waals surface area contributed by atoms with E-state index in [0.29, 0.717) is 13.2 Å². The standard InChI is InChI=1S/C10H12FNO4/c1-2-15-5-6-16-10-7-8(11)3-4-9(10)12(13)14/h3-4,7H,2,5-6H2,1H3. The first-order valence-corrected chi connectivity index (χ1v) is 4.79. The van der Waals surface area contributed by atoms with Gasteiger partial charge in [0.05, 0.1) is 11.5 Å². The molecule has 1 aromatic rings. The Morgan fingerprint density at radius 2 is 2.19 bits per heavy atom. The van der Waals surface area contributed by atoms with E-state index < -0.39 is 10.7 Å². The molecule has 88 valence electrons. The van der Waals surface area contributed by atoms with E-state index in [0.717, 1.165) is 18.2 Å². The van der Waals surface area contributed by atoms with Gasteiger partial charge in [-0.15, -0.1) is 0 Å².